The third-order valence-corrected chi connectivity index (χ3v) is 5.56. The molecule has 1 heterocycles. The molecule has 2 rings (SSSR count). The summed E-state index contributed by atoms with van der Waals surface area (Å²) in [6.45, 7) is 0.600. The van der Waals surface area contributed by atoms with Crippen LogP contribution in [0.4, 0.5) is 5.69 Å². The Kier molecular flexibility index (Phi) is 5.40. The van der Waals surface area contributed by atoms with Crippen LogP contribution >= 0.6 is 79.6 Å². The number of hydrogen-bond acceptors (Lipinski definition) is 2. The van der Waals surface area contributed by atoms with E-state index in [1.54, 1.807) is 0 Å². The minimum atomic E-state index is 0.600. The van der Waals surface area contributed by atoms with Crippen molar-refractivity contribution in [2.75, 3.05) is 5.32 Å². The number of anilines is 1. The quantitative estimate of drug-likeness (QED) is 0.446. The fourth-order valence-electron chi connectivity index (χ4n) is 1.37. The minimum Gasteiger partial charge on any atom is -0.451 e. The van der Waals surface area contributed by atoms with Crippen LogP contribution in [-0.2, 0) is 6.54 Å². The second-order valence-corrected chi connectivity index (χ2v) is 7.63. The highest BCUT2D eigenvalue weighted by Crippen LogP contribution is 2.35. The molecule has 2 aromatic rings. The highest BCUT2D eigenvalue weighted by molar-refractivity contribution is 9.13. The zero-order valence-electron chi connectivity index (χ0n) is 8.74. The minimum absolute atomic E-state index is 0.600. The Morgan fingerprint density at radius 1 is 0.889 bits per heavy atom. The molecule has 96 valence electrons. The molecule has 0 spiro atoms. The van der Waals surface area contributed by atoms with E-state index in [1.807, 2.05) is 18.2 Å². The van der Waals surface area contributed by atoms with Crippen LogP contribution in [0.3, 0.4) is 0 Å². The fraction of sp³-hybridized carbons (Fsp3) is 0.0909. The first-order valence-electron chi connectivity index (χ1n) is 4.79. The van der Waals surface area contributed by atoms with Gasteiger partial charge in [0.05, 0.1) is 16.7 Å². The summed E-state index contributed by atoms with van der Waals surface area (Å²) in [6, 6.07) is 5.90. The summed E-state index contributed by atoms with van der Waals surface area (Å²) in [5.41, 5.74) is 0.988. The van der Waals surface area contributed by atoms with E-state index < -0.39 is 0 Å². The summed E-state index contributed by atoms with van der Waals surface area (Å²) in [4.78, 5) is 0. The van der Waals surface area contributed by atoms with Crippen LogP contribution in [0.1, 0.15) is 5.76 Å². The largest absolute Gasteiger partial charge is 0.451 e. The number of hydrogen-bond donors (Lipinski definition) is 1. The summed E-state index contributed by atoms with van der Waals surface area (Å²) in [6.07, 6.45) is 0. The zero-order chi connectivity index (χ0) is 13.3. The number of halogens is 5. The van der Waals surface area contributed by atoms with E-state index in [4.69, 9.17) is 4.42 Å². The average Bonchev–Trinajstić information content (AvgIpc) is 2.56. The van der Waals surface area contributed by atoms with Crippen molar-refractivity contribution in [3.63, 3.8) is 0 Å². The van der Waals surface area contributed by atoms with E-state index in [-0.39, 0.29) is 0 Å². The molecule has 0 saturated carbocycles. The highest BCUT2D eigenvalue weighted by Gasteiger charge is 2.09. The molecule has 0 aliphatic heterocycles. The van der Waals surface area contributed by atoms with Crippen LogP contribution < -0.4 is 5.32 Å². The summed E-state index contributed by atoms with van der Waals surface area (Å²) >= 11 is 17.2. The number of nitrogens with one attached hydrogen (secondary N) is 1. The molecule has 1 N–H and O–H groups in total. The molecular formula is C11H6Br5NO. The van der Waals surface area contributed by atoms with E-state index in [2.05, 4.69) is 85.0 Å². The Bertz CT molecular complexity index is 538. The van der Waals surface area contributed by atoms with Gasteiger partial charge < -0.3 is 9.73 Å². The third kappa shape index (κ3) is 3.62. The molecule has 1 aromatic heterocycles. The normalized spacial score (nSPS) is 10.7. The molecule has 0 bridgehead atoms. The van der Waals surface area contributed by atoms with Crippen LogP contribution in [0.25, 0.3) is 0 Å². The van der Waals surface area contributed by atoms with Crippen molar-refractivity contribution in [2.24, 2.45) is 0 Å². The van der Waals surface area contributed by atoms with Crippen LogP contribution in [0.5, 0.6) is 0 Å². The first-order chi connectivity index (χ1) is 8.47. The predicted octanol–water partition coefficient (Wildman–Crippen LogP) is 6.70. The van der Waals surface area contributed by atoms with Gasteiger partial charge in [-0.3, -0.25) is 0 Å². The van der Waals surface area contributed by atoms with Crippen LogP contribution in [0.2, 0.25) is 0 Å². The second-order valence-electron chi connectivity index (χ2n) is 3.43. The van der Waals surface area contributed by atoms with Crippen molar-refractivity contribution >= 4 is 85.3 Å². The van der Waals surface area contributed by atoms with Gasteiger partial charge in [-0.1, -0.05) is 15.9 Å². The van der Waals surface area contributed by atoms with Gasteiger partial charge in [0.25, 0.3) is 0 Å². The molecule has 0 amide bonds. The van der Waals surface area contributed by atoms with Crippen LogP contribution in [0, 0.1) is 0 Å². The molecule has 0 aliphatic rings. The Labute approximate surface area is 147 Å². The molecular weight excluding hydrogens is 562 g/mol. The SMILES string of the molecule is Brc1cc(Br)c(NCc2cc(Br)c(Br)o2)c(Br)c1. The summed E-state index contributed by atoms with van der Waals surface area (Å²) < 4.78 is 10.1. The van der Waals surface area contributed by atoms with Crippen LogP contribution in [0.15, 0.2) is 45.2 Å². The molecule has 7 heteroatoms. The topological polar surface area (TPSA) is 25.2 Å². The van der Waals surface area contributed by atoms with Gasteiger partial charge in [-0.05, 0) is 81.9 Å². The molecule has 18 heavy (non-hydrogen) atoms. The highest BCUT2D eigenvalue weighted by atomic mass is 79.9. The van der Waals surface area contributed by atoms with Crippen LogP contribution in [-0.4, -0.2) is 0 Å². The Hall–Kier alpha value is 0.700. The van der Waals surface area contributed by atoms with E-state index in [0.29, 0.717) is 11.2 Å². The standard InChI is InChI=1S/C11H6Br5NO/c12-5-1-7(13)10(8(14)2-5)17-4-6-3-9(15)11(16)18-6/h1-3,17H,4H2. The van der Waals surface area contributed by atoms with Crippen molar-refractivity contribution in [3.05, 3.63) is 46.5 Å². The first kappa shape index (κ1) is 15.1. The van der Waals surface area contributed by atoms with Gasteiger partial charge in [-0.25, -0.2) is 0 Å². The molecule has 0 aliphatic carbocycles. The van der Waals surface area contributed by atoms with E-state index in [1.165, 1.54) is 0 Å². The van der Waals surface area contributed by atoms with Crippen molar-refractivity contribution in [2.45, 2.75) is 6.54 Å². The van der Waals surface area contributed by atoms with Gasteiger partial charge >= 0.3 is 0 Å². The lowest BCUT2D eigenvalue weighted by Gasteiger charge is -2.10. The van der Waals surface area contributed by atoms with Gasteiger partial charge in [-0.15, -0.1) is 0 Å². The second kappa shape index (κ2) is 6.43. The van der Waals surface area contributed by atoms with E-state index in [9.17, 15) is 0 Å². The molecule has 0 atom stereocenters. The first-order valence-corrected chi connectivity index (χ1v) is 8.76. The summed E-state index contributed by atoms with van der Waals surface area (Å²) in [5, 5.41) is 3.32. The van der Waals surface area contributed by atoms with Crippen molar-refractivity contribution in [1.29, 1.82) is 0 Å². The van der Waals surface area contributed by atoms with E-state index in [0.717, 1.165) is 29.3 Å². The van der Waals surface area contributed by atoms with Gasteiger partial charge in [0.15, 0.2) is 4.67 Å². The lowest BCUT2D eigenvalue weighted by atomic mass is 10.3. The number of furan rings is 1. The Morgan fingerprint density at radius 2 is 1.50 bits per heavy atom. The Morgan fingerprint density at radius 3 is 2.00 bits per heavy atom. The van der Waals surface area contributed by atoms with Gasteiger partial charge in [-0.2, -0.15) is 0 Å². The predicted molar refractivity (Wildman–Crippen MR) is 91.0 cm³/mol. The summed E-state index contributed by atoms with van der Waals surface area (Å²) in [5.74, 6) is 0.843. The molecule has 1 aromatic carbocycles. The van der Waals surface area contributed by atoms with Gasteiger partial charge in [0.2, 0.25) is 0 Å². The molecule has 0 radical (unpaired) electrons. The molecule has 0 unspecified atom stereocenters. The molecule has 2 nitrogen and oxygen atoms in total. The van der Waals surface area contributed by atoms with Crippen molar-refractivity contribution in [1.82, 2.24) is 0 Å². The molecule has 0 saturated heterocycles. The maximum absolute atomic E-state index is 5.51. The molecule has 0 fully saturated rings. The van der Waals surface area contributed by atoms with Crippen molar-refractivity contribution < 1.29 is 4.42 Å². The van der Waals surface area contributed by atoms with Crippen molar-refractivity contribution in [3.8, 4) is 0 Å². The monoisotopic (exact) mass is 563 g/mol. The number of benzene rings is 1. The zero-order valence-corrected chi connectivity index (χ0v) is 16.7. The van der Waals surface area contributed by atoms with Gasteiger partial charge in [0.1, 0.15) is 5.76 Å². The number of rotatable bonds is 3. The van der Waals surface area contributed by atoms with Gasteiger partial charge in [0, 0.05) is 13.4 Å². The smallest absolute Gasteiger partial charge is 0.183 e. The average molecular weight is 568 g/mol. The third-order valence-electron chi connectivity index (χ3n) is 2.14. The Balaban J connectivity index is 2.15. The van der Waals surface area contributed by atoms with E-state index >= 15 is 0 Å². The fourth-order valence-corrected chi connectivity index (χ4v) is 4.56. The maximum atomic E-state index is 5.51. The lowest BCUT2D eigenvalue weighted by Crippen LogP contribution is -1.99. The summed E-state index contributed by atoms with van der Waals surface area (Å²) in [7, 11) is 0. The lowest BCUT2D eigenvalue weighted by molar-refractivity contribution is 0.494. The maximum Gasteiger partial charge on any atom is 0.183 e.